The number of ether oxygens (including phenoxy) is 1. The van der Waals surface area contributed by atoms with E-state index in [9.17, 15) is 4.79 Å². The van der Waals surface area contributed by atoms with Crippen molar-refractivity contribution in [1.29, 1.82) is 0 Å². The summed E-state index contributed by atoms with van der Waals surface area (Å²) in [4.78, 5) is 12.8. The molecule has 218 valence electrons. The molecule has 3 rings (SSSR count). The molecule has 0 radical (unpaired) electrons. The van der Waals surface area contributed by atoms with Gasteiger partial charge < -0.3 is 4.74 Å². The zero-order valence-corrected chi connectivity index (χ0v) is 25.7. The highest BCUT2D eigenvalue weighted by molar-refractivity contribution is 5.97. The second-order valence-corrected chi connectivity index (χ2v) is 11.8. The van der Waals surface area contributed by atoms with Crippen molar-refractivity contribution in [3.8, 4) is 5.75 Å². The van der Waals surface area contributed by atoms with Crippen molar-refractivity contribution >= 4 is 16.6 Å². The van der Waals surface area contributed by atoms with Gasteiger partial charge in [-0.25, -0.2) is 0 Å². The second-order valence-electron chi connectivity index (χ2n) is 11.8. The summed E-state index contributed by atoms with van der Waals surface area (Å²) in [7, 11) is 0. The minimum absolute atomic E-state index is 0.112. The molecule has 2 nitrogen and oxygen atoms in total. The molecule has 0 aliphatic rings. The third-order valence-electron chi connectivity index (χ3n) is 8.27. The molecule has 0 unspecified atom stereocenters. The Kier molecular flexibility index (Phi) is 14.9. The predicted octanol–water partition coefficient (Wildman–Crippen LogP) is 11.3. The van der Waals surface area contributed by atoms with E-state index in [-0.39, 0.29) is 11.7 Å². The molecule has 3 aromatic rings. The third-order valence-corrected chi connectivity index (χ3v) is 8.27. The summed E-state index contributed by atoms with van der Waals surface area (Å²) >= 11 is 0. The number of fused-ring (bicyclic) bond motifs is 1. The van der Waals surface area contributed by atoms with Gasteiger partial charge in [-0.2, -0.15) is 0 Å². The van der Waals surface area contributed by atoms with Crippen LogP contribution in [0.5, 0.6) is 5.75 Å². The van der Waals surface area contributed by atoms with Gasteiger partial charge in [0, 0.05) is 11.5 Å². The Hall–Kier alpha value is -2.61. The lowest BCUT2D eigenvalue weighted by molar-refractivity contribution is 0.0922. The van der Waals surface area contributed by atoms with Crippen LogP contribution in [0.2, 0.25) is 0 Å². The van der Waals surface area contributed by atoms with E-state index in [1.807, 2.05) is 12.1 Å². The van der Waals surface area contributed by atoms with E-state index >= 15 is 0 Å². The monoisotopic (exact) mass is 542 g/mol. The van der Waals surface area contributed by atoms with Gasteiger partial charge in [-0.3, -0.25) is 4.79 Å². The Bertz CT molecular complexity index is 1110. The number of ketones is 1. The smallest absolute Gasteiger partial charge is 0.165 e. The molecule has 0 heterocycles. The van der Waals surface area contributed by atoms with Crippen LogP contribution in [0.1, 0.15) is 132 Å². The first-order chi connectivity index (χ1) is 19.6. The van der Waals surface area contributed by atoms with Crippen LogP contribution >= 0.6 is 0 Å². The minimum atomic E-state index is 0.112. The second kappa shape index (κ2) is 18.7. The van der Waals surface area contributed by atoms with E-state index in [4.69, 9.17) is 4.74 Å². The Labute approximate surface area is 244 Å². The zero-order chi connectivity index (χ0) is 28.4. The zero-order valence-electron chi connectivity index (χ0n) is 25.7. The predicted molar refractivity (Wildman–Crippen MR) is 173 cm³/mol. The van der Waals surface area contributed by atoms with Gasteiger partial charge >= 0.3 is 0 Å². The van der Waals surface area contributed by atoms with Crippen molar-refractivity contribution in [3.05, 3.63) is 77.4 Å². The first-order valence-electron chi connectivity index (χ1n) is 16.4. The van der Waals surface area contributed by atoms with Gasteiger partial charge in [-0.1, -0.05) is 146 Å². The van der Waals surface area contributed by atoms with E-state index in [0.29, 0.717) is 0 Å². The maximum Gasteiger partial charge on any atom is 0.165 e. The maximum absolute atomic E-state index is 12.8. The van der Waals surface area contributed by atoms with Gasteiger partial charge in [0.15, 0.2) is 5.78 Å². The van der Waals surface area contributed by atoms with Crippen LogP contribution in [0, 0.1) is 5.92 Å². The van der Waals surface area contributed by atoms with Gasteiger partial charge in [-0.15, -0.1) is 0 Å². The highest BCUT2D eigenvalue weighted by Gasteiger charge is 2.14. The first-order valence-corrected chi connectivity index (χ1v) is 16.4. The summed E-state index contributed by atoms with van der Waals surface area (Å²) in [6.07, 6.45) is 19.9. The molecule has 1 atom stereocenters. The van der Waals surface area contributed by atoms with Gasteiger partial charge in [0.25, 0.3) is 0 Å². The molecule has 0 aliphatic heterocycles. The van der Waals surface area contributed by atoms with Gasteiger partial charge in [0.1, 0.15) is 5.75 Å². The van der Waals surface area contributed by atoms with Crippen molar-refractivity contribution < 1.29 is 9.53 Å². The van der Waals surface area contributed by atoms with E-state index in [1.165, 1.54) is 92.5 Å². The molecule has 0 fully saturated rings. The van der Waals surface area contributed by atoms with Crippen molar-refractivity contribution in [2.45, 2.75) is 124 Å². The highest BCUT2D eigenvalue weighted by atomic mass is 16.5. The van der Waals surface area contributed by atoms with Gasteiger partial charge in [-0.05, 0) is 59.7 Å². The number of Topliss-reactive ketones (excluding diaryl/α,β-unsaturated/α-hetero) is 1. The molecule has 0 spiro atoms. The number of carbonyl (C=O) groups is 1. The van der Waals surface area contributed by atoms with Crippen molar-refractivity contribution in [1.82, 2.24) is 0 Å². The fraction of sp³-hybridized carbons (Fsp3) is 0.553. The van der Waals surface area contributed by atoms with E-state index in [2.05, 4.69) is 69.3 Å². The fourth-order valence-corrected chi connectivity index (χ4v) is 5.54. The minimum Gasteiger partial charge on any atom is -0.494 e. The molecule has 0 aromatic heterocycles. The normalized spacial score (nSPS) is 12.1. The number of aryl methyl sites for hydroxylation is 2. The molecule has 0 bridgehead atoms. The molecular formula is C38H54O2. The molecule has 0 saturated carbocycles. The van der Waals surface area contributed by atoms with Crippen molar-refractivity contribution in [2.24, 2.45) is 5.92 Å². The molecule has 0 saturated heterocycles. The quantitative estimate of drug-likeness (QED) is 0.0988. The SMILES string of the molecule is CCCCCCCCCCCOc1ccc2cc(CCc3ccc(C(=O)[C@H](C)CCCCCC)cc3)ccc2c1. The van der Waals surface area contributed by atoms with E-state index in [0.717, 1.165) is 50.0 Å². The number of hydrogen-bond acceptors (Lipinski definition) is 2. The summed E-state index contributed by atoms with van der Waals surface area (Å²) < 4.78 is 6.06. The van der Waals surface area contributed by atoms with Crippen LogP contribution in [0.4, 0.5) is 0 Å². The topological polar surface area (TPSA) is 26.3 Å². The lowest BCUT2D eigenvalue weighted by Crippen LogP contribution is -2.11. The maximum atomic E-state index is 12.8. The number of rotatable bonds is 21. The van der Waals surface area contributed by atoms with Crippen molar-refractivity contribution in [3.63, 3.8) is 0 Å². The van der Waals surface area contributed by atoms with Crippen LogP contribution in [-0.2, 0) is 12.8 Å². The fourth-order valence-electron chi connectivity index (χ4n) is 5.54. The average Bonchev–Trinajstić information content (AvgIpc) is 2.99. The Morgan fingerprint density at radius 1 is 0.625 bits per heavy atom. The molecule has 0 aliphatic carbocycles. The lowest BCUT2D eigenvalue weighted by atomic mass is 9.93. The van der Waals surface area contributed by atoms with Gasteiger partial charge in [0.05, 0.1) is 6.61 Å². The van der Waals surface area contributed by atoms with Crippen LogP contribution in [-0.4, -0.2) is 12.4 Å². The molecule has 0 N–H and O–H groups in total. The Balaban J connectivity index is 1.39. The van der Waals surface area contributed by atoms with Gasteiger partial charge in [0.2, 0.25) is 0 Å². The number of carbonyl (C=O) groups excluding carboxylic acids is 1. The molecule has 3 aromatic carbocycles. The Morgan fingerprint density at radius 2 is 1.18 bits per heavy atom. The summed E-state index contributed by atoms with van der Waals surface area (Å²) in [5.74, 6) is 1.37. The van der Waals surface area contributed by atoms with Crippen LogP contribution in [0.3, 0.4) is 0 Å². The van der Waals surface area contributed by atoms with Crippen LogP contribution < -0.4 is 4.74 Å². The highest BCUT2D eigenvalue weighted by Crippen LogP contribution is 2.24. The first kappa shape index (κ1) is 31.9. The average molecular weight is 543 g/mol. The molecule has 0 amide bonds. The lowest BCUT2D eigenvalue weighted by Gasteiger charge is -2.11. The molecule has 2 heteroatoms. The summed E-state index contributed by atoms with van der Waals surface area (Å²) in [6.45, 7) is 7.38. The van der Waals surface area contributed by atoms with Crippen molar-refractivity contribution in [2.75, 3.05) is 6.61 Å². The standard InChI is InChI=1S/C38H54O2/c1-4-6-8-10-11-12-13-14-16-28-40-37-27-26-35-29-33(22-25-36(35)30-37)19-18-32-20-23-34(24-21-32)38(39)31(3)17-15-9-7-5-2/h20-27,29-31H,4-19,28H2,1-3H3/t31-/m1/s1. The van der Waals surface area contributed by atoms with Crippen LogP contribution in [0.15, 0.2) is 60.7 Å². The van der Waals surface area contributed by atoms with Crippen LogP contribution in [0.25, 0.3) is 10.8 Å². The Morgan fingerprint density at radius 3 is 1.88 bits per heavy atom. The third kappa shape index (κ3) is 11.5. The summed E-state index contributed by atoms with van der Waals surface area (Å²) in [5, 5.41) is 2.50. The van der Waals surface area contributed by atoms with E-state index in [1.54, 1.807) is 0 Å². The number of unbranched alkanes of at least 4 members (excludes halogenated alkanes) is 11. The molecule has 40 heavy (non-hydrogen) atoms. The number of benzene rings is 3. The summed E-state index contributed by atoms with van der Waals surface area (Å²) in [5.41, 5.74) is 3.48. The number of hydrogen-bond donors (Lipinski definition) is 0. The largest absolute Gasteiger partial charge is 0.494 e. The summed E-state index contributed by atoms with van der Waals surface area (Å²) in [6, 6.07) is 21.6. The molecular weight excluding hydrogens is 488 g/mol. The van der Waals surface area contributed by atoms with E-state index < -0.39 is 0 Å².